The minimum absolute atomic E-state index is 0.602. The fraction of sp³-hybridized carbons (Fsp3) is 0.360. The Hall–Kier alpha value is -2.90. The summed E-state index contributed by atoms with van der Waals surface area (Å²) >= 11 is 0. The third kappa shape index (κ3) is 5.56. The summed E-state index contributed by atoms with van der Waals surface area (Å²) in [5.74, 6) is 0. The fourth-order valence-electron chi connectivity index (χ4n) is 3.65. The Balaban J connectivity index is 1.69. The molecule has 0 spiro atoms. The van der Waals surface area contributed by atoms with Gasteiger partial charge in [0.2, 0.25) is 0 Å². The molecule has 1 N–H and O–H groups in total. The Kier molecular flexibility index (Phi) is 7.61. The SMILES string of the molecule is CCCCN(CCC)CCNc1ccc2cc(-c3ccncc3C#N)ccc2c1. The number of aromatic nitrogens is 1. The molecule has 0 fully saturated rings. The average Bonchev–Trinajstić information content (AvgIpc) is 2.77. The van der Waals surface area contributed by atoms with E-state index in [9.17, 15) is 5.26 Å². The quantitative estimate of drug-likeness (QED) is 0.486. The summed E-state index contributed by atoms with van der Waals surface area (Å²) in [4.78, 5) is 6.60. The molecule has 4 nitrogen and oxygen atoms in total. The molecule has 0 aliphatic carbocycles. The van der Waals surface area contributed by atoms with Crippen LogP contribution in [0.1, 0.15) is 38.7 Å². The first-order valence-corrected chi connectivity index (χ1v) is 10.6. The maximum absolute atomic E-state index is 9.33. The second-order valence-corrected chi connectivity index (χ2v) is 7.43. The van der Waals surface area contributed by atoms with Crippen LogP contribution in [0.4, 0.5) is 5.69 Å². The second-order valence-electron chi connectivity index (χ2n) is 7.43. The summed E-state index contributed by atoms with van der Waals surface area (Å²) in [6, 6.07) is 17.0. The van der Waals surface area contributed by atoms with Gasteiger partial charge >= 0.3 is 0 Å². The molecule has 29 heavy (non-hydrogen) atoms. The van der Waals surface area contributed by atoms with Crippen LogP contribution in [0.25, 0.3) is 21.9 Å². The van der Waals surface area contributed by atoms with Gasteiger partial charge in [-0.1, -0.05) is 38.5 Å². The van der Waals surface area contributed by atoms with Crippen molar-refractivity contribution in [2.75, 3.05) is 31.5 Å². The van der Waals surface area contributed by atoms with Crippen LogP contribution >= 0.6 is 0 Å². The number of nitrogens with zero attached hydrogens (tertiary/aromatic N) is 3. The molecule has 2 aromatic carbocycles. The molecule has 1 heterocycles. The number of hydrogen-bond acceptors (Lipinski definition) is 4. The van der Waals surface area contributed by atoms with E-state index in [4.69, 9.17) is 0 Å². The number of unbranched alkanes of at least 4 members (excludes halogenated alkanes) is 1. The maximum Gasteiger partial charge on any atom is 0.101 e. The van der Waals surface area contributed by atoms with E-state index < -0.39 is 0 Å². The fourth-order valence-corrected chi connectivity index (χ4v) is 3.65. The van der Waals surface area contributed by atoms with Crippen LogP contribution in [0.3, 0.4) is 0 Å². The van der Waals surface area contributed by atoms with Crippen molar-refractivity contribution >= 4 is 16.5 Å². The van der Waals surface area contributed by atoms with Crippen LogP contribution < -0.4 is 5.32 Å². The molecule has 0 atom stereocenters. The summed E-state index contributed by atoms with van der Waals surface area (Å²) in [6.45, 7) is 8.88. The van der Waals surface area contributed by atoms with Crippen molar-refractivity contribution in [3.05, 3.63) is 60.4 Å². The Morgan fingerprint density at radius 2 is 1.79 bits per heavy atom. The van der Waals surface area contributed by atoms with Gasteiger partial charge in [-0.3, -0.25) is 4.98 Å². The molecule has 0 radical (unpaired) electrons. The maximum atomic E-state index is 9.33. The molecule has 0 amide bonds. The lowest BCUT2D eigenvalue weighted by Crippen LogP contribution is -2.30. The molecule has 0 unspecified atom stereocenters. The number of benzene rings is 2. The highest BCUT2D eigenvalue weighted by atomic mass is 15.1. The van der Waals surface area contributed by atoms with E-state index in [1.807, 2.05) is 6.07 Å². The van der Waals surface area contributed by atoms with Crippen LogP contribution in [0.5, 0.6) is 0 Å². The van der Waals surface area contributed by atoms with Crippen LogP contribution in [-0.2, 0) is 0 Å². The summed E-state index contributed by atoms with van der Waals surface area (Å²) < 4.78 is 0. The van der Waals surface area contributed by atoms with E-state index in [-0.39, 0.29) is 0 Å². The molecule has 0 bridgehead atoms. The van der Waals surface area contributed by atoms with Gasteiger partial charge in [-0.05, 0) is 66.5 Å². The van der Waals surface area contributed by atoms with E-state index in [1.165, 1.54) is 43.1 Å². The van der Waals surface area contributed by atoms with E-state index in [1.54, 1.807) is 12.4 Å². The standard InChI is InChI=1S/C25H30N4/c1-3-5-14-29(13-4-2)15-12-28-24-9-8-20-16-22(7-6-21(20)17-24)25-10-11-27-19-23(25)18-26/h6-11,16-17,19,28H,3-5,12-15H2,1-2H3. The Bertz CT molecular complexity index is 974. The molecule has 0 saturated carbocycles. The second kappa shape index (κ2) is 10.6. The zero-order valence-corrected chi connectivity index (χ0v) is 17.5. The topological polar surface area (TPSA) is 52.0 Å². The normalized spacial score (nSPS) is 11.0. The molecule has 1 aromatic heterocycles. The number of nitriles is 1. The van der Waals surface area contributed by atoms with Gasteiger partial charge in [-0.15, -0.1) is 0 Å². The highest BCUT2D eigenvalue weighted by Gasteiger charge is 2.07. The van der Waals surface area contributed by atoms with Crippen molar-refractivity contribution in [1.29, 1.82) is 5.26 Å². The first-order valence-electron chi connectivity index (χ1n) is 10.6. The summed E-state index contributed by atoms with van der Waals surface area (Å²) in [6.07, 6.45) is 7.07. The van der Waals surface area contributed by atoms with Crippen molar-refractivity contribution in [3.8, 4) is 17.2 Å². The van der Waals surface area contributed by atoms with Gasteiger partial charge < -0.3 is 10.2 Å². The van der Waals surface area contributed by atoms with Crippen LogP contribution in [-0.4, -0.2) is 36.1 Å². The highest BCUT2D eigenvalue weighted by Crippen LogP contribution is 2.28. The first kappa shape index (κ1) is 20.8. The van der Waals surface area contributed by atoms with Gasteiger partial charge in [0.15, 0.2) is 0 Å². The molecular formula is C25H30N4. The summed E-state index contributed by atoms with van der Waals surface area (Å²) in [7, 11) is 0. The molecule has 3 rings (SSSR count). The number of fused-ring (bicyclic) bond motifs is 1. The van der Waals surface area contributed by atoms with E-state index in [0.29, 0.717) is 5.56 Å². The molecule has 150 valence electrons. The molecule has 0 aliphatic rings. The molecule has 4 heteroatoms. The monoisotopic (exact) mass is 386 g/mol. The van der Waals surface area contributed by atoms with Crippen LogP contribution in [0, 0.1) is 11.3 Å². The summed E-state index contributed by atoms with van der Waals surface area (Å²) in [5, 5.41) is 15.3. The third-order valence-electron chi connectivity index (χ3n) is 5.22. The van der Waals surface area contributed by atoms with Gasteiger partial charge in [-0.2, -0.15) is 5.26 Å². The Morgan fingerprint density at radius 3 is 2.59 bits per heavy atom. The average molecular weight is 387 g/mol. The Labute approximate surface area is 174 Å². The lowest BCUT2D eigenvalue weighted by molar-refractivity contribution is 0.280. The zero-order chi connectivity index (χ0) is 20.5. The van der Waals surface area contributed by atoms with Crippen LogP contribution in [0.2, 0.25) is 0 Å². The Morgan fingerprint density at radius 1 is 0.966 bits per heavy atom. The van der Waals surface area contributed by atoms with Crippen molar-refractivity contribution in [1.82, 2.24) is 9.88 Å². The van der Waals surface area contributed by atoms with Crippen molar-refractivity contribution in [2.24, 2.45) is 0 Å². The van der Waals surface area contributed by atoms with Gasteiger partial charge in [0.05, 0.1) is 5.56 Å². The van der Waals surface area contributed by atoms with Gasteiger partial charge in [0.1, 0.15) is 6.07 Å². The predicted octanol–water partition coefficient (Wildman–Crippen LogP) is 5.70. The van der Waals surface area contributed by atoms with Crippen molar-refractivity contribution in [2.45, 2.75) is 33.1 Å². The molecule has 0 aliphatic heterocycles. The van der Waals surface area contributed by atoms with Gasteiger partial charge in [-0.25, -0.2) is 0 Å². The van der Waals surface area contributed by atoms with Gasteiger partial charge in [0, 0.05) is 36.7 Å². The number of hydrogen-bond donors (Lipinski definition) is 1. The molecule has 0 saturated heterocycles. The largest absolute Gasteiger partial charge is 0.384 e. The zero-order valence-electron chi connectivity index (χ0n) is 17.5. The third-order valence-corrected chi connectivity index (χ3v) is 5.22. The minimum Gasteiger partial charge on any atom is -0.384 e. The minimum atomic E-state index is 0.602. The smallest absolute Gasteiger partial charge is 0.101 e. The molecule has 3 aromatic rings. The van der Waals surface area contributed by atoms with E-state index >= 15 is 0 Å². The highest BCUT2D eigenvalue weighted by molar-refractivity contribution is 5.90. The lowest BCUT2D eigenvalue weighted by Gasteiger charge is -2.21. The van der Waals surface area contributed by atoms with E-state index in [0.717, 1.165) is 29.9 Å². The van der Waals surface area contributed by atoms with Crippen LogP contribution in [0.15, 0.2) is 54.9 Å². The number of nitrogens with one attached hydrogen (secondary N) is 1. The van der Waals surface area contributed by atoms with Crippen molar-refractivity contribution in [3.63, 3.8) is 0 Å². The first-order chi connectivity index (χ1) is 14.2. The number of pyridine rings is 1. The summed E-state index contributed by atoms with van der Waals surface area (Å²) in [5.41, 5.74) is 3.72. The van der Waals surface area contributed by atoms with E-state index in [2.05, 4.69) is 71.5 Å². The number of anilines is 1. The predicted molar refractivity (Wildman–Crippen MR) is 122 cm³/mol. The van der Waals surface area contributed by atoms with Gasteiger partial charge in [0.25, 0.3) is 0 Å². The molecular weight excluding hydrogens is 356 g/mol. The number of rotatable bonds is 10. The van der Waals surface area contributed by atoms with Crippen molar-refractivity contribution < 1.29 is 0 Å². The lowest BCUT2D eigenvalue weighted by atomic mass is 9.99.